The van der Waals surface area contributed by atoms with Gasteiger partial charge in [0.2, 0.25) is 0 Å². The van der Waals surface area contributed by atoms with Gasteiger partial charge < -0.3 is 0 Å². The molecule has 0 spiro atoms. The van der Waals surface area contributed by atoms with Gasteiger partial charge in [-0.25, -0.2) is 8.42 Å². The highest BCUT2D eigenvalue weighted by Crippen LogP contribution is 2.31. The van der Waals surface area contributed by atoms with Crippen LogP contribution in [0.3, 0.4) is 0 Å². The molecule has 0 amide bonds. The van der Waals surface area contributed by atoms with Crippen molar-refractivity contribution in [1.29, 1.82) is 0 Å². The lowest BCUT2D eigenvalue weighted by atomic mass is 10.1. The summed E-state index contributed by atoms with van der Waals surface area (Å²) in [6.45, 7) is 0. The predicted molar refractivity (Wildman–Crippen MR) is 90.1 cm³/mol. The molecule has 3 rings (SSSR count). The summed E-state index contributed by atoms with van der Waals surface area (Å²) in [5.74, 6) is 0.603. The minimum absolute atomic E-state index is 0.0946. The minimum Gasteiger partial charge on any atom is -0.299 e. The number of rotatable bonds is 7. The standard InChI is InChI=1S/C19H20O3S/c20-19(17-8-9-17)14-16-6-10-18(11-7-16)23(21,22)13-12-15-4-2-1-3-5-15/h1-7,10-11,17H,8-9,12-14H2. The van der Waals surface area contributed by atoms with E-state index in [2.05, 4.69) is 0 Å². The molecule has 1 saturated carbocycles. The zero-order chi connectivity index (χ0) is 16.3. The molecule has 0 bridgehead atoms. The smallest absolute Gasteiger partial charge is 0.178 e. The van der Waals surface area contributed by atoms with Crippen LogP contribution in [0.25, 0.3) is 0 Å². The number of hydrogen-bond donors (Lipinski definition) is 0. The average Bonchev–Trinajstić information content (AvgIpc) is 3.40. The Balaban J connectivity index is 1.64. The minimum atomic E-state index is -3.29. The second-order valence-corrected chi connectivity index (χ2v) is 8.22. The van der Waals surface area contributed by atoms with Crippen LogP contribution in [0.15, 0.2) is 59.5 Å². The highest BCUT2D eigenvalue weighted by atomic mass is 32.2. The van der Waals surface area contributed by atoms with Gasteiger partial charge in [0.1, 0.15) is 5.78 Å². The number of benzene rings is 2. The van der Waals surface area contributed by atoms with Crippen LogP contribution in [0.2, 0.25) is 0 Å². The lowest BCUT2D eigenvalue weighted by Gasteiger charge is -2.06. The van der Waals surface area contributed by atoms with Gasteiger partial charge in [0.25, 0.3) is 0 Å². The van der Waals surface area contributed by atoms with Gasteiger partial charge in [-0.05, 0) is 42.5 Å². The van der Waals surface area contributed by atoms with Crippen molar-refractivity contribution in [2.45, 2.75) is 30.6 Å². The predicted octanol–water partition coefficient (Wildman–Crippen LogP) is 3.22. The monoisotopic (exact) mass is 328 g/mol. The SMILES string of the molecule is O=C(Cc1ccc(S(=O)(=O)CCc2ccccc2)cc1)C1CC1. The Kier molecular flexibility index (Phi) is 4.62. The van der Waals surface area contributed by atoms with Gasteiger partial charge in [-0.1, -0.05) is 42.5 Å². The first kappa shape index (κ1) is 15.9. The van der Waals surface area contributed by atoms with Crippen molar-refractivity contribution in [2.24, 2.45) is 5.92 Å². The summed E-state index contributed by atoms with van der Waals surface area (Å²) >= 11 is 0. The van der Waals surface area contributed by atoms with Gasteiger partial charge in [-0.15, -0.1) is 0 Å². The van der Waals surface area contributed by atoms with E-state index in [1.165, 1.54) is 0 Å². The number of Topliss-reactive ketones (excluding diaryl/α,β-unsaturated/α-hetero) is 1. The van der Waals surface area contributed by atoms with Gasteiger partial charge in [-0.2, -0.15) is 0 Å². The molecule has 0 radical (unpaired) electrons. The van der Waals surface area contributed by atoms with E-state index in [1.807, 2.05) is 30.3 Å². The van der Waals surface area contributed by atoms with Crippen LogP contribution in [0.1, 0.15) is 24.0 Å². The van der Waals surface area contributed by atoms with Crippen molar-refractivity contribution in [1.82, 2.24) is 0 Å². The number of ketones is 1. The molecule has 0 saturated heterocycles. The quantitative estimate of drug-likeness (QED) is 0.784. The molecule has 1 aliphatic rings. The summed E-state index contributed by atoms with van der Waals surface area (Å²) in [4.78, 5) is 12.1. The Hall–Kier alpha value is -1.94. The first-order valence-corrected chi connectivity index (χ1v) is 9.58. The Morgan fingerprint density at radius 2 is 1.57 bits per heavy atom. The fourth-order valence-electron chi connectivity index (χ4n) is 2.58. The van der Waals surface area contributed by atoms with Crippen LogP contribution in [0, 0.1) is 5.92 Å². The van der Waals surface area contributed by atoms with Crippen LogP contribution < -0.4 is 0 Å². The highest BCUT2D eigenvalue weighted by molar-refractivity contribution is 7.91. The van der Waals surface area contributed by atoms with Crippen molar-refractivity contribution in [3.05, 3.63) is 65.7 Å². The molecule has 120 valence electrons. The van der Waals surface area contributed by atoms with E-state index in [9.17, 15) is 13.2 Å². The van der Waals surface area contributed by atoms with Crippen LogP contribution in [0.5, 0.6) is 0 Å². The van der Waals surface area contributed by atoms with Crippen LogP contribution >= 0.6 is 0 Å². The summed E-state index contributed by atoms with van der Waals surface area (Å²) < 4.78 is 24.8. The number of carbonyl (C=O) groups excluding carboxylic acids is 1. The lowest BCUT2D eigenvalue weighted by molar-refractivity contribution is -0.119. The van der Waals surface area contributed by atoms with Gasteiger partial charge in [-0.3, -0.25) is 4.79 Å². The summed E-state index contributed by atoms with van der Waals surface area (Å²) in [5, 5.41) is 0. The zero-order valence-corrected chi connectivity index (χ0v) is 13.8. The van der Waals surface area contributed by atoms with E-state index < -0.39 is 9.84 Å². The van der Waals surface area contributed by atoms with E-state index in [0.717, 1.165) is 24.0 Å². The fraction of sp³-hybridized carbons (Fsp3) is 0.316. The van der Waals surface area contributed by atoms with E-state index in [-0.39, 0.29) is 17.5 Å². The molecule has 4 heteroatoms. The molecule has 0 N–H and O–H groups in total. The summed E-state index contributed by atoms with van der Waals surface area (Å²) in [5.41, 5.74) is 1.91. The largest absolute Gasteiger partial charge is 0.299 e. The maximum atomic E-state index is 12.4. The number of hydrogen-bond acceptors (Lipinski definition) is 3. The molecule has 1 fully saturated rings. The third kappa shape index (κ3) is 4.29. The molecule has 2 aromatic carbocycles. The van der Waals surface area contributed by atoms with E-state index >= 15 is 0 Å². The third-order valence-corrected chi connectivity index (χ3v) is 5.93. The lowest BCUT2D eigenvalue weighted by Crippen LogP contribution is -2.10. The molecule has 0 atom stereocenters. The summed E-state index contributed by atoms with van der Waals surface area (Å²) in [6, 6.07) is 16.4. The molecular weight excluding hydrogens is 308 g/mol. The molecule has 1 aliphatic carbocycles. The van der Waals surface area contributed by atoms with Gasteiger partial charge in [0.15, 0.2) is 9.84 Å². The molecule has 0 unspecified atom stereocenters. The van der Waals surface area contributed by atoms with Gasteiger partial charge in [0.05, 0.1) is 10.6 Å². The summed E-state index contributed by atoms with van der Waals surface area (Å²) in [6.07, 6.45) is 2.93. The highest BCUT2D eigenvalue weighted by Gasteiger charge is 2.29. The number of carbonyl (C=O) groups is 1. The van der Waals surface area contributed by atoms with Gasteiger partial charge >= 0.3 is 0 Å². The molecule has 23 heavy (non-hydrogen) atoms. The zero-order valence-electron chi connectivity index (χ0n) is 12.9. The van der Waals surface area contributed by atoms with Crippen molar-refractivity contribution in [3.63, 3.8) is 0 Å². The van der Waals surface area contributed by atoms with E-state index in [4.69, 9.17) is 0 Å². The third-order valence-electron chi connectivity index (χ3n) is 4.20. The number of sulfone groups is 1. The Labute approximate surface area is 137 Å². The van der Waals surface area contributed by atoms with Crippen LogP contribution in [-0.4, -0.2) is 20.0 Å². The van der Waals surface area contributed by atoms with Crippen molar-refractivity contribution in [3.8, 4) is 0 Å². The second kappa shape index (κ2) is 6.67. The van der Waals surface area contributed by atoms with Crippen molar-refractivity contribution in [2.75, 3.05) is 5.75 Å². The Morgan fingerprint density at radius 3 is 2.17 bits per heavy atom. The first-order valence-electron chi connectivity index (χ1n) is 7.93. The van der Waals surface area contributed by atoms with Crippen molar-refractivity contribution < 1.29 is 13.2 Å². The molecule has 0 aliphatic heterocycles. The van der Waals surface area contributed by atoms with Gasteiger partial charge in [0, 0.05) is 12.3 Å². The molecule has 2 aromatic rings. The van der Waals surface area contributed by atoms with Crippen LogP contribution in [-0.2, 0) is 27.5 Å². The maximum absolute atomic E-state index is 12.4. The maximum Gasteiger partial charge on any atom is 0.178 e. The van der Waals surface area contributed by atoms with Crippen molar-refractivity contribution >= 4 is 15.6 Å². The average molecular weight is 328 g/mol. The Bertz CT molecular complexity index is 773. The normalized spacial score (nSPS) is 14.6. The van der Waals surface area contributed by atoms with E-state index in [0.29, 0.717) is 17.7 Å². The second-order valence-electron chi connectivity index (χ2n) is 6.12. The molecular formula is C19H20O3S. The Morgan fingerprint density at radius 1 is 0.913 bits per heavy atom. The molecule has 0 aromatic heterocycles. The molecule has 0 heterocycles. The number of aryl methyl sites for hydroxylation is 1. The summed E-state index contributed by atoms with van der Waals surface area (Å²) in [7, 11) is -3.29. The topological polar surface area (TPSA) is 51.2 Å². The fourth-order valence-corrected chi connectivity index (χ4v) is 3.87. The molecule has 3 nitrogen and oxygen atoms in total. The van der Waals surface area contributed by atoms with E-state index in [1.54, 1.807) is 24.3 Å². The first-order chi connectivity index (χ1) is 11.0. The van der Waals surface area contributed by atoms with Crippen LogP contribution in [0.4, 0.5) is 0 Å².